The summed E-state index contributed by atoms with van der Waals surface area (Å²) in [6.07, 6.45) is 0.890. The fourth-order valence-electron chi connectivity index (χ4n) is 1.83. The summed E-state index contributed by atoms with van der Waals surface area (Å²) in [5.74, 6) is 0.0509. The Balaban J connectivity index is 2.20. The number of hydrogen-bond acceptors (Lipinski definition) is 2. The van der Waals surface area contributed by atoms with Gasteiger partial charge in [0.25, 0.3) is 5.91 Å². The average molecular weight is 348 g/mol. The fourth-order valence-corrected chi connectivity index (χ4v) is 3.13. The number of carbonyl (C=O) groups is 1. The van der Waals surface area contributed by atoms with Crippen molar-refractivity contribution in [3.8, 4) is 0 Å². The van der Waals surface area contributed by atoms with E-state index in [1.807, 2.05) is 18.2 Å². The second kappa shape index (κ2) is 4.85. The molecule has 0 bridgehead atoms. The van der Waals surface area contributed by atoms with E-state index in [0.29, 0.717) is 12.1 Å². The molecule has 86 valence electrons. The van der Waals surface area contributed by atoms with Crippen LogP contribution in [-0.4, -0.2) is 29.9 Å². The largest absolute Gasteiger partial charge is 0.337 e. The molecule has 1 unspecified atom stereocenters. The van der Waals surface area contributed by atoms with Gasteiger partial charge in [-0.05, 0) is 24.6 Å². The number of likely N-dealkylation sites (tertiary alicyclic amines) is 1. The van der Waals surface area contributed by atoms with Crippen LogP contribution in [0.4, 0.5) is 0 Å². The summed E-state index contributed by atoms with van der Waals surface area (Å²) < 4.78 is 1.79. The fraction of sp³-hybridized carbons (Fsp3) is 0.364. The Morgan fingerprint density at radius 2 is 1.94 bits per heavy atom. The molecule has 0 spiro atoms. The Bertz CT molecular complexity index is 402. The van der Waals surface area contributed by atoms with Crippen LogP contribution in [0, 0.1) is 0 Å². The van der Waals surface area contributed by atoms with Crippen molar-refractivity contribution in [2.75, 3.05) is 13.1 Å². The minimum absolute atomic E-state index is 0.0509. The summed E-state index contributed by atoms with van der Waals surface area (Å²) in [5, 5.41) is 0. The van der Waals surface area contributed by atoms with Gasteiger partial charge >= 0.3 is 0 Å². The van der Waals surface area contributed by atoms with E-state index in [1.54, 1.807) is 4.90 Å². The highest BCUT2D eigenvalue weighted by atomic mass is 79.9. The van der Waals surface area contributed by atoms with Gasteiger partial charge in [0.1, 0.15) is 0 Å². The van der Waals surface area contributed by atoms with Crippen LogP contribution >= 0.6 is 31.9 Å². The van der Waals surface area contributed by atoms with Crippen molar-refractivity contribution in [3.63, 3.8) is 0 Å². The van der Waals surface area contributed by atoms with E-state index < -0.39 is 0 Å². The van der Waals surface area contributed by atoms with Gasteiger partial charge in [-0.2, -0.15) is 0 Å². The second-order valence-corrected chi connectivity index (χ2v) is 5.79. The summed E-state index contributed by atoms with van der Waals surface area (Å²) in [7, 11) is 0. The van der Waals surface area contributed by atoms with E-state index in [2.05, 4.69) is 31.9 Å². The smallest absolute Gasteiger partial charge is 0.253 e. The lowest BCUT2D eigenvalue weighted by atomic mass is 10.2. The SMILES string of the molecule is NC1CCN(C(=O)c2cc(Br)cc(Br)c2)C1. The van der Waals surface area contributed by atoms with E-state index in [9.17, 15) is 4.79 Å². The number of amides is 1. The molecule has 0 saturated carbocycles. The van der Waals surface area contributed by atoms with Crippen LogP contribution in [0.25, 0.3) is 0 Å². The van der Waals surface area contributed by atoms with Gasteiger partial charge in [-0.3, -0.25) is 4.79 Å². The highest BCUT2D eigenvalue weighted by molar-refractivity contribution is 9.11. The molecule has 2 N–H and O–H groups in total. The maximum absolute atomic E-state index is 12.1. The van der Waals surface area contributed by atoms with Gasteiger partial charge < -0.3 is 10.6 Å². The minimum Gasteiger partial charge on any atom is -0.337 e. The van der Waals surface area contributed by atoms with Crippen LogP contribution in [0.5, 0.6) is 0 Å². The normalized spacial score (nSPS) is 20.2. The lowest BCUT2D eigenvalue weighted by Gasteiger charge is -2.16. The summed E-state index contributed by atoms with van der Waals surface area (Å²) in [4.78, 5) is 13.9. The zero-order chi connectivity index (χ0) is 11.7. The molecule has 3 nitrogen and oxygen atoms in total. The Hall–Kier alpha value is -0.390. The Labute approximate surface area is 111 Å². The van der Waals surface area contributed by atoms with Gasteiger partial charge in [0.05, 0.1) is 0 Å². The molecule has 0 radical (unpaired) electrons. The van der Waals surface area contributed by atoms with Crippen molar-refractivity contribution in [1.29, 1.82) is 0 Å². The molecular weight excluding hydrogens is 336 g/mol. The van der Waals surface area contributed by atoms with E-state index in [-0.39, 0.29) is 11.9 Å². The molecule has 0 aliphatic carbocycles. The van der Waals surface area contributed by atoms with Gasteiger partial charge in [-0.1, -0.05) is 31.9 Å². The maximum atomic E-state index is 12.1. The van der Waals surface area contributed by atoms with Crippen LogP contribution in [0.15, 0.2) is 27.1 Å². The first-order valence-corrected chi connectivity index (χ1v) is 6.66. The number of rotatable bonds is 1. The molecule has 1 heterocycles. The molecule has 1 amide bonds. The maximum Gasteiger partial charge on any atom is 0.253 e. The lowest BCUT2D eigenvalue weighted by Crippen LogP contribution is -2.31. The van der Waals surface area contributed by atoms with Gasteiger partial charge in [0.2, 0.25) is 0 Å². The lowest BCUT2D eigenvalue weighted by molar-refractivity contribution is 0.0790. The quantitative estimate of drug-likeness (QED) is 0.847. The Morgan fingerprint density at radius 3 is 2.44 bits per heavy atom. The van der Waals surface area contributed by atoms with Gasteiger partial charge in [-0.25, -0.2) is 0 Å². The van der Waals surface area contributed by atoms with E-state index >= 15 is 0 Å². The van der Waals surface area contributed by atoms with Crippen molar-refractivity contribution in [2.45, 2.75) is 12.5 Å². The number of nitrogens with zero attached hydrogens (tertiary/aromatic N) is 1. The minimum atomic E-state index is 0.0509. The van der Waals surface area contributed by atoms with Crippen molar-refractivity contribution in [1.82, 2.24) is 4.90 Å². The van der Waals surface area contributed by atoms with Crippen molar-refractivity contribution in [3.05, 3.63) is 32.7 Å². The van der Waals surface area contributed by atoms with Gasteiger partial charge in [0.15, 0.2) is 0 Å². The third-order valence-electron chi connectivity index (χ3n) is 2.62. The monoisotopic (exact) mass is 346 g/mol. The number of benzene rings is 1. The zero-order valence-electron chi connectivity index (χ0n) is 8.62. The Morgan fingerprint density at radius 1 is 1.31 bits per heavy atom. The molecule has 1 aliphatic heterocycles. The molecule has 5 heteroatoms. The molecule has 1 aromatic rings. The number of halogens is 2. The third-order valence-corrected chi connectivity index (χ3v) is 3.54. The molecule has 2 rings (SSSR count). The summed E-state index contributed by atoms with van der Waals surface area (Å²) in [6.45, 7) is 1.41. The molecule has 1 aromatic carbocycles. The molecule has 1 atom stereocenters. The van der Waals surface area contributed by atoms with E-state index in [4.69, 9.17) is 5.73 Å². The first-order valence-electron chi connectivity index (χ1n) is 5.07. The van der Waals surface area contributed by atoms with Crippen LogP contribution in [0.1, 0.15) is 16.8 Å². The van der Waals surface area contributed by atoms with Crippen LogP contribution in [0.2, 0.25) is 0 Å². The van der Waals surface area contributed by atoms with Crippen molar-refractivity contribution < 1.29 is 4.79 Å². The molecular formula is C11H12Br2N2O. The van der Waals surface area contributed by atoms with Crippen LogP contribution in [-0.2, 0) is 0 Å². The van der Waals surface area contributed by atoms with Crippen molar-refractivity contribution in [2.24, 2.45) is 5.73 Å². The van der Waals surface area contributed by atoms with Gasteiger partial charge in [-0.15, -0.1) is 0 Å². The van der Waals surface area contributed by atoms with Gasteiger partial charge in [0, 0.05) is 33.6 Å². The van der Waals surface area contributed by atoms with Crippen LogP contribution in [0.3, 0.4) is 0 Å². The highest BCUT2D eigenvalue weighted by Crippen LogP contribution is 2.22. The summed E-state index contributed by atoms with van der Waals surface area (Å²) in [6, 6.07) is 5.69. The molecule has 0 aromatic heterocycles. The first kappa shape index (κ1) is 12.1. The molecule has 1 saturated heterocycles. The predicted molar refractivity (Wildman–Crippen MR) is 70.3 cm³/mol. The predicted octanol–water partition coefficient (Wildman–Crippen LogP) is 2.38. The molecule has 1 fully saturated rings. The molecule has 16 heavy (non-hydrogen) atoms. The van der Waals surface area contributed by atoms with Crippen molar-refractivity contribution >= 4 is 37.8 Å². The molecule has 1 aliphatic rings. The zero-order valence-corrected chi connectivity index (χ0v) is 11.8. The number of nitrogens with two attached hydrogens (primary N) is 1. The average Bonchev–Trinajstić information content (AvgIpc) is 2.62. The number of carbonyl (C=O) groups excluding carboxylic acids is 1. The topological polar surface area (TPSA) is 46.3 Å². The highest BCUT2D eigenvalue weighted by Gasteiger charge is 2.24. The van der Waals surface area contributed by atoms with E-state index in [1.165, 1.54) is 0 Å². The second-order valence-electron chi connectivity index (χ2n) is 3.96. The third kappa shape index (κ3) is 2.64. The Kier molecular flexibility index (Phi) is 3.66. The first-order chi connectivity index (χ1) is 7.56. The standard InChI is InChI=1S/C11H12Br2N2O/c12-8-3-7(4-9(13)5-8)11(16)15-2-1-10(14)6-15/h3-5,10H,1-2,6,14H2. The summed E-state index contributed by atoms with van der Waals surface area (Å²) in [5.41, 5.74) is 6.48. The van der Waals surface area contributed by atoms with Crippen LogP contribution < -0.4 is 5.73 Å². The van der Waals surface area contributed by atoms with E-state index in [0.717, 1.165) is 21.9 Å². The summed E-state index contributed by atoms with van der Waals surface area (Å²) >= 11 is 6.75. The number of hydrogen-bond donors (Lipinski definition) is 1.